The van der Waals surface area contributed by atoms with Gasteiger partial charge in [0, 0.05) is 16.7 Å². The predicted molar refractivity (Wildman–Crippen MR) is 79.8 cm³/mol. The van der Waals surface area contributed by atoms with Crippen molar-refractivity contribution in [1.82, 2.24) is 4.98 Å². The Morgan fingerprint density at radius 2 is 1.84 bits per heavy atom. The van der Waals surface area contributed by atoms with Crippen LogP contribution < -0.4 is 14.8 Å². The largest absolute Gasteiger partial charge is 0.495 e. The van der Waals surface area contributed by atoms with Crippen molar-refractivity contribution in [3.63, 3.8) is 0 Å². The SMILES string of the molecule is COc1cc(OC)c(Nc2cncc(Br)c2)cc1Cl. The quantitative estimate of drug-likeness (QED) is 0.901. The molecule has 0 bridgehead atoms. The minimum absolute atomic E-state index is 0.508. The number of pyridine rings is 1. The lowest BCUT2D eigenvalue weighted by molar-refractivity contribution is 0.396. The molecule has 1 heterocycles. The summed E-state index contributed by atoms with van der Waals surface area (Å²) in [4.78, 5) is 4.08. The lowest BCUT2D eigenvalue weighted by atomic mass is 10.2. The van der Waals surface area contributed by atoms with Crippen LogP contribution >= 0.6 is 27.5 Å². The molecule has 1 N–H and O–H groups in total. The van der Waals surface area contributed by atoms with Crippen molar-refractivity contribution in [1.29, 1.82) is 0 Å². The summed E-state index contributed by atoms with van der Waals surface area (Å²) in [5.74, 6) is 1.21. The zero-order valence-electron chi connectivity index (χ0n) is 10.4. The van der Waals surface area contributed by atoms with Gasteiger partial charge in [-0.1, -0.05) is 11.6 Å². The smallest absolute Gasteiger partial charge is 0.146 e. The number of nitrogens with zero attached hydrogens (tertiary/aromatic N) is 1. The number of halogens is 2. The molecule has 0 aliphatic carbocycles. The summed E-state index contributed by atoms with van der Waals surface area (Å²) in [6.07, 6.45) is 3.42. The van der Waals surface area contributed by atoms with Crippen LogP contribution in [0.15, 0.2) is 35.1 Å². The van der Waals surface area contributed by atoms with Gasteiger partial charge in [0.05, 0.1) is 36.8 Å². The highest BCUT2D eigenvalue weighted by Gasteiger charge is 2.10. The van der Waals surface area contributed by atoms with Gasteiger partial charge in [0.1, 0.15) is 11.5 Å². The van der Waals surface area contributed by atoms with E-state index in [4.69, 9.17) is 21.1 Å². The highest BCUT2D eigenvalue weighted by molar-refractivity contribution is 9.10. The molecule has 0 spiro atoms. The molecule has 1 aromatic carbocycles. The second-order valence-electron chi connectivity index (χ2n) is 3.70. The molecular weight excluding hydrogens is 332 g/mol. The van der Waals surface area contributed by atoms with Gasteiger partial charge in [0.25, 0.3) is 0 Å². The maximum Gasteiger partial charge on any atom is 0.146 e. The van der Waals surface area contributed by atoms with E-state index in [9.17, 15) is 0 Å². The first kappa shape index (κ1) is 14.0. The van der Waals surface area contributed by atoms with Crippen LogP contribution in [0.4, 0.5) is 11.4 Å². The number of hydrogen-bond donors (Lipinski definition) is 1. The number of anilines is 2. The van der Waals surface area contributed by atoms with E-state index in [0.29, 0.717) is 16.5 Å². The Morgan fingerprint density at radius 1 is 1.11 bits per heavy atom. The van der Waals surface area contributed by atoms with Gasteiger partial charge < -0.3 is 14.8 Å². The molecule has 100 valence electrons. The third kappa shape index (κ3) is 3.30. The van der Waals surface area contributed by atoms with Crippen molar-refractivity contribution < 1.29 is 9.47 Å². The maximum atomic E-state index is 6.11. The molecule has 19 heavy (non-hydrogen) atoms. The van der Waals surface area contributed by atoms with Gasteiger partial charge >= 0.3 is 0 Å². The van der Waals surface area contributed by atoms with Gasteiger partial charge in [-0.15, -0.1) is 0 Å². The number of rotatable bonds is 4. The Balaban J connectivity index is 2.36. The average Bonchev–Trinajstić information content (AvgIpc) is 2.39. The zero-order valence-corrected chi connectivity index (χ0v) is 12.7. The standard InChI is InChI=1S/C13H12BrClN2O2/c1-18-12-5-13(19-2)11(4-10(12)15)17-9-3-8(14)6-16-7-9/h3-7,17H,1-2H3. The summed E-state index contributed by atoms with van der Waals surface area (Å²) < 4.78 is 11.3. The predicted octanol–water partition coefficient (Wildman–Crippen LogP) is 4.26. The van der Waals surface area contributed by atoms with Gasteiger partial charge in [0.2, 0.25) is 0 Å². The van der Waals surface area contributed by atoms with Crippen LogP contribution in [-0.4, -0.2) is 19.2 Å². The van der Waals surface area contributed by atoms with Crippen molar-refractivity contribution >= 4 is 38.9 Å². The minimum atomic E-state index is 0.508. The zero-order chi connectivity index (χ0) is 13.8. The Bertz CT molecular complexity index is 593. The first-order valence-corrected chi connectivity index (χ1v) is 6.60. The number of benzene rings is 1. The summed E-state index contributed by atoms with van der Waals surface area (Å²) >= 11 is 9.48. The van der Waals surface area contributed by atoms with E-state index in [1.807, 2.05) is 6.07 Å². The molecule has 0 radical (unpaired) electrons. The van der Waals surface area contributed by atoms with Crippen LogP contribution in [0.5, 0.6) is 11.5 Å². The number of aromatic nitrogens is 1. The molecule has 0 saturated heterocycles. The third-order valence-corrected chi connectivity index (χ3v) is 3.19. The van der Waals surface area contributed by atoms with Gasteiger partial charge in [-0.2, -0.15) is 0 Å². The van der Waals surface area contributed by atoms with Crippen LogP contribution in [0, 0.1) is 0 Å². The van der Waals surface area contributed by atoms with Crippen molar-refractivity contribution in [2.45, 2.75) is 0 Å². The maximum absolute atomic E-state index is 6.11. The molecule has 2 rings (SSSR count). The Kier molecular flexibility index (Phi) is 4.50. The van der Waals surface area contributed by atoms with Crippen molar-refractivity contribution in [2.24, 2.45) is 0 Å². The number of methoxy groups -OCH3 is 2. The molecule has 6 heteroatoms. The van der Waals surface area contributed by atoms with E-state index in [-0.39, 0.29) is 0 Å². The Morgan fingerprint density at radius 3 is 2.47 bits per heavy atom. The van der Waals surface area contributed by atoms with Gasteiger partial charge in [-0.3, -0.25) is 4.98 Å². The highest BCUT2D eigenvalue weighted by Crippen LogP contribution is 2.37. The van der Waals surface area contributed by atoms with Gasteiger partial charge in [-0.25, -0.2) is 0 Å². The molecule has 0 saturated carbocycles. The van der Waals surface area contributed by atoms with Gasteiger partial charge in [0.15, 0.2) is 0 Å². The molecule has 0 atom stereocenters. The third-order valence-electron chi connectivity index (χ3n) is 2.46. The second kappa shape index (κ2) is 6.12. The highest BCUT2D eigenvalue weighted by atomic mass is 79.9. The number of nitrogens with one attached hydrogen (secondary N) is 1. The van der Waals surface area contributed by atoms with E-state index in [2.05, 4.69) is 26.2 Å². The number of ether oxygens (including phenoxy) is 2. The van der Waals surface area contributed by atoms with E-state index < -0.39 is 0 Å². The van der Waals surface area contributed by atoms with Crippen LogP contribution in [0.2, 0.25) is 5.02 Å². The van der Waals surface area contributed by atoms with Gasteiger partial charge in [-0.05, 0) is 28.1 Å². The van der Waals surface area contributed by atoms with E-state index >= 15 is 0 Å². The van der Waals surface area contributed by atoms with E-state index in [0.717, 1.165) is 15.8 Å². The molecule has 2 aromatic rings. The fraction of sp³-hybridized carbons (Fsp3) is 0.154. The van der Waals surface area contributed by atoms with Crippen LogP contribution in [-0.2, 0) is 0 Å². The molecule has 0 unspecified atom stereocenters. The molecular formula is C13H12BrClN2O2. The lowest BCUT2D eigenvalue weighted by Gasteiger charge is -2.13. The molecule has 0 amide bonds. The monoisotopic (exact) mass is 342 g/mol. The first-order valence-electron chi connectivity index (χ1n) is 5.43. The van der Waals surface area contributed by atoms with E-state index in [1.54, 1.807) is 38.7 Å². The average molecular weight is 344 g/mol. The molecule has 1 aromatic heterocycles. The topological polar surface area (TPSA) is 43.4 Å². The van der Waals surface area contributed by atoms with Crippen LogP contribution in [0.1, 0.15) is 0 Å². The second-order valence-corrected chi connectivity index (χ2v) is 5.03. The van der Waals surface area contributed by atoms with Crippen LogP contribution in [0.25, 0.3) is 0 Å². The van der Waals surface area contributed by atoms with E-state index in [1.165, 1.54) is 0 Å². The first-order chi connectivity index (χ1) is 9.13. The van der Waals surface area contributed by atoms with Crippen molar-refractivity contribution in [3.8, 4) is 11.5 Å². The lowest BCUT2D eigenvalue weighted by Crippen LogP contribution is -1.96. The van der Waals surface area contributed by atoms with Crippen molar-refractivity contribution in [3.05, 3.63) is 40.1 Å². The normalized spacial score (nSPS) is 10.1. The molecule has 0 aliphatic rings. The fourth-order valence-corrected chi connectivity index (χ4v) is 2.20. The Labute approximate surface area is 124 Å². The molecule has 4 nitrogen and oxygen atoms in total. The summed E-state index contributed by atoms with van der Waals surface area (Å²) in [5, 5.41) is 3.71. The molecule has 0 aliphatic heterocycles. The van der Waals surface area contributed by atoms with Crippen molar-refractivity contribution in [2.75, 3.05) is 19.5 Å². The Hall–Kier alpha value is -1.46. The summed E-state index contributed by atoms with van der Waals surface area (Å²) in [6.45, 7) is 0. The number of hydrogen-bond acceptors (Lipinski definition) is 4. The summed E-state index contributed by atoms with van der Waals surface area (Å²) in [6, 6.07) is 5.39. The van der Waals surface area contributed by atoms with Crippen LogP contribution in [0.3, 0.4) is 0 Å². The molecule has 0 fully saturated rings. The summed E-state index contributed by atoms with van der Waals surface area (Å²) in [5.41, 5.74) is 1.57. The summed E-state index contributed by atoms with van der Waals surface area (Å²) in [7, 11) is 3.15. The fourth-order valence-electron chi connectivity index (χ4n) is 1.59. The minimum Gasteiger partial charge on any atom is -0.495 e.